The number of alkyl halides is 2. The average molecular weight is 421 g/mol. The highest BCUT2D eigenvalue weighted by atomic mass is 79.9. The SMILES string of the molecule is O=C(Nc1ccccc1OC(F)F)c1cc(Br)cc(Br)c1. The van der Waals surface area contributed by atoms with Crippen molar-refractivity contribution >= 4 is 43.5 Å². The van der Waals surface area contributed by atoms with Gasteiger partial charge in [0.25, 0.3) is 5.91 Å². The monoisotopic (exact) mass is 419 g/mol. The zero-order chi connectivity index (χ0) is 15.4. The van der Waals surface area contributed by atoms with Gasteiger partial charge in [0.15, 0.2) is 0 Å². The maximum absolute atomic E-state index is 12.3. The van der Waals surface area contributed by atoms with Gasteiger partial charge in [-0.05, 0) is 30.3 Å². The first kappa shape index (κ1) is 15.9. The Balaban J connectivity index is 2.23. The topological polar surface area (TPSA) is 38.3 Å². The highest BCUT2D eigenvalue weighted by Crippen LogP contribution is 2.27. The van der Waals surface area contributed by atoms with Crippen LogP contribution in [0.15, 0.2) is 51.4 Å². The molecule has 0 saturated carbocycles. The van der Waals surface area contributed by atoms with Gasteiger partial charge in [0.2, 0.25) is 0 Å². The summed E-state index contributed by atoms with van der Waals surface area (Å²) in [7, 11) is 0. The summed E-state index contributed by atoms with van der Waals surface area (Å²) in [6, 6.07) is 11.0. The van der Waals surface area contributed by atoms with Gasteiger partial charge in [0, 0.05) is 14.5 Å². The van der Waals surface area contributed by atoms with E-state index in [9.17, 15) is 13.6 Å². The van der Waals surface area contributed by atoms with Crippen molar-refractivity contribution < 1.29 is 18.3 Å². The first-order chi connectivity index (χ1) is 9.95. The summed E-state index contributed by atoms with van der Waals surface area (Å²) in [6.07, 6.45) is 0. The standard InChI is InChI=1S/C14H9Br2F2NO2/c15-9-5-8(6-10(16)7-9)13(20)19-11-3-1-2-4-12(11)21-14(17)18/h1-7,14H,(H,19,20). The van der Waals surface area contributed by atoms with Gasteiger partial charge in [0.1, 0.15) is 5.75 Å². The fourth-order valence-corrected chi connectivity index (χ4v) is 2.94. The number of carbonyl (C=O) groups excluding carboxylic acids is 1. The number of rotatable bonds is 4. The van der Waals surface area contributed by atoms with E-state index in [1.807, 2.05) is 0 Å². The summed E-state index contributed by atoms with van der Waals surface area (Å²) >= 11 is 6.56. The lowest BCUT2D eigenvalue weighted by atomic mass is 10.2. The Bertz CT molecular complexity index is 645. The van der Waals surface area contributed by atoms with E-state index < -0.39 is 12.5 Å². The van der Waals surface area contributed by atoms with Gasteiger partial charge in [-0.1, -0.05) is 44.0 Å². The Labute approximate surface area is 136 Å². The number of hydrogen-bond donors (Lipinski definition) is 1. The molecule has 0 aliphatic heterocycles. The second kappa shape index (κ2) is 7.00. The lowest BCUT2D eigenvalue weighted by Gasteiger charge is -2.12. The van der Waals surface area contributed by atoms with Crippen molar-refractivity contribution in [2.45, 2.75) is 6.61 Å². The maximum atomic E-state index is 12.3. The van der Waals surface area contributed by atoms with Crippen molar-refractivity contribution in [3.8, 4) is 5.75 Å². The zero-order valence-corrected chi connectivity index (χ0v) is 13.6. The third kappa shape index (κ3) is 4.50. The zero-order valence-electron chi connectivity index (χ0n) is 10.4. The average Bonchev–Trinajstić information content (AvgIpc) is 2.39. The Morgan fingerprint density at radius 3 is 2.33 bits per heavy atom. The molecule has 110 valence electrons. The molecule has 1 amide bonds. The van der Waals surface area contributed by atoms with E-state index in [2.05, 4.69) is 41.9 Å². The Morgan fingerprint density at radius 2 is 1.71 bits per heavy atom. The first-order valence-corrected chi connectivity index (χ1v) is 7.35. The largest absolute Gasteiger partial charge is 0.433 e. The quantitative estimate of drug-likeness (QED) is 0.750. The third-order valence-corrected chi connectivity index (χ3v) is 3.39. The molecule has 2 aromatic carbocycles. The van der Waals surface area contributed by atoms with Gasteiger partial charge in [-0.3, -0.25) is 4.79 Å². The summed E-state index contributed by atoms with van der Waals surface area (Å²) < 4.78 is 30.4. The highest BCUT2D eigenvalue weighted by Gasteiger charge is 2.13. The van der Waals surface area contributed by atoms with E-state index in [0.29, 0.717) is 5.56 Å². The minimum atomic E-state index is -2.96. The number of benzene rings is 2. The lowest BCUT2D eigenvalue weighted by molar-refractivity contribution is -0.0493. The van der Waals surface area contributed by atoms with Crippen LogP contribution in [0.1, 0.15) is 10.4 Å². The van der Waals surface area contributed by atoms with Crippen LogP contribution in [0.4, 0.5) is 14.5 Å². The van der Waals surface area contributed by atoms with E-state index in [1.54, 1.807) is 30.3 Å². The summed E-state index contributed by atoms with van der Waals surface area (Å²) in [5, 5.41) is 2.55. The first-order valence-electron chi connectivity index (χ1n) is 5.77. The molecule has 2 aromatic rings. The Kier molecular flexibility index (Phi) is 5.30. The van der Waals surface area contributed by atoms with Crippen molar-refractivity contribution in [3.63, 3.8) is 0 Å². The molecule has 0 radical (unpaired) electrons. The van der Waals surface area contributed by atoms with Gasteiger partial charge >= 0.3 is 6.61 Å². The number of halogens is 4. The molecule has 7 heteroatoms. The van der Waals surface area contributed by atoms with Gasteiger partial charge in [-0.25, -0.2) is 0 Å². The molecule has 0 aliphatic rings. The van der Waals surface area contributed by atoms with Crippen LogP contribution in [0.3, 0.4) is 0 Å². The van der Waals surface area contributed by atoms with E-state index >= 15 is 0 Å². The number of hydrogen-bond acceptors (Lipinski definition) is 2. The number of carbonyl (C=O) groups is 1. The molecule has 0 aliphatic carbocycles. The molecule has 0 fully saturated rings. The van der Waals surface area contributed by atoms with E-state index in [-0.39, 0.29) is 11.4 Å². The second-order valence-electron chi connectivity index (χ2n) is 3.99. The van der Waals surface area contributed by atoms with Crippen LogP contribution in [0.25, 0.3) is 0 Å². The summed E-state index contributed by atoms with van der Waals surface area (Å²) in [5.41, 5.74) is 0.557. The predicted octanol–water partition coefficient (Wildman–Crippen LogP) is 5.07. The van der Waals surface area contributed by atoms with Gasteiger partial charge in [0.05, 0.1) is 5.69 Å². The minimum absolute atomic E-state index is 0.0880. The molecule has 2 rings (SSSR count). The highest BCUT2D eigenvalue weighted by molar-refractivity contribution is 9.11. The number of ether oxygens (including phenoxy) is 1. The molecule has 0 bridgehead atoms. The van der Waals surface area contributed by atoms with Crippen molar-refractivity contribution in [2.24, 2.45) is 0 Å². The second-order valence-corrected chi connectivity index (χ2v) is 5.82. The van der Waals surface area contributed by atoms with Crippen molar-refractivity contribution in [1.29, 1.82) is 0 Å². The van der Waals surface area contributed by atoms with Crippen LogP contribution < -0.4 is 10.1 Å². The van der Waals surface area contributed by atoms with E-state index in [1.165, 1.54) is 12.1 Å². The minimum Gasteiger partial charge on any atom is -0.433 e. The smallest absolute Gasteiger partial charge is 0.387 e. The predicted molar refractivity (Wildman–Crippen MR) is 82.9 cm³/mol. The number of para-hydroxylation sites is 2. The fraction of sp³-hybridized carbons (Fsp3) is 0.0714. The number of anilines is 1. The Hall–Kier alpha value is -1.47. The molecule has 0 unspecified atom stereocenters. The molecule has 0 heterocycles. The van der Waals surface area contributed by atoms with Crippen LogP contribution in [-0.2, 0) is 0 Å². The summed E-state index contributed by atoms with van der Waals surface area (Å²) in [4.78, 5) is 12.2. The molecule has 21 heavy (non-hydrogen) atoms. The molecular weight excluding hydrogens is 412 g/mol. The molecular formula is C14H9Br2F2NO2. The van der Waals surface area contributed by atoms with Crippen LogP contribution in [0.5, 0.6) is 5.75 Å². The molecule has 0 atom stereocenters. The maximum Gasteiger partial charge on any atom is 0.387 e. The van der Waals surface area contributed by atoms with Gasteiger partial charge in [-0.2, -0.15) is 8.78 Å². The summed E-state index contributed by atoms with van der Waals surface area (Å²) in [5.74, 6) is -0.516. The molecule has 0 aromatic heterocycles. The molecule has 0 spiro atoms. The van der Waals surface area contributed by atoms with E-state index in [0.717, 1.165) is 8.95 Å². The van der Waals surface area contributed by atoms with Gasteiger partial charge in [-0.15, -0.1) is 0 Å². The summed E-state index contributed by atoms with van der Waals surface area (Å²) in [6.45, 7) is -2.96. The van der Waals surface area contributed by atoms with Crippen LogP contribution in [0, 0.1) is 0 Å². The molecule has 0 saturated heterocycles. The van der Waals surface area contributed by atoms with Crippen molar-refractivity contribution in [3.05, 3.63) is 57.0 Å². The van der Waals surface area contributed by atoms with E-state index in [4.69, 9.17) is 0 Å². The van der Waals surface area contributed by atoms with Crippen molar-refractivity contribution in [2.75, 3.05) is 5.32 Å². The van der Waals surface area contributed by atoms with Crippen LogP contribution in [-0.4, -0.2) is 12.5 Å². The lowest BCUT2D eigenvalue weighted by Crippen LogP contribution is -2.14. The number of nitrogens with one attached hydrogen (secondary N) is 1. The van der Waals surface area contributed by atoms with Crippen LogP contribution in [0.2, 0.25) is 0 Å². The molecule has 1 N–H and O–H groups in total. The van der Waals surface area contributed by atoms with Crippen LogP contribution >= 0.6 is 31.9 Å². The van der Waals surface area contributed by atoms with Crippen molar-refractivity contribution in [1.82, 2.24) is 0 Å². The van der Waals surface area contributed by atoms with Gasteiger partial charge < -0.3 is 10.1 Å². The molecule has 3 nitrogen and oxygen atoms in total. The Morgan fingerprint density at radius 1 is 1.10 bits per heavy atom. The normalized spacial score (nSPS) is 10.5. The number of amides is 1. The fourth-order valence-electron chi connectivity index (χ4n) is 1.65. The third-order valence-electron chi connectivity index (χ3n) is 2.48.